The molecule has 2 rings (SSSR count). The molecule has 1 N–H and O–H groups in total. The highest BCUT2D eigenvalue weighted by Crippen LogP contribution is 2.14. The van der Waals surface area contributed by atoms with E-state index in [9.17, 15) is 0 Å². The van der Waals surface area contributed by atoms with Gasteiger partial charge in [-0.05, 0) is 24.1 Å². The quantitative estimate of drug-likeness (QED) is 0.867. The fourth-order valence-corrected chi connectivity index (χ4v) is 1.76. The number of rotatable bonds is 4. The predicted octanol–water partition coefficient (Wildman–Crippen LogP) is 2.83. The van der Waals surface area contributed by atoms with Gasteiger partial charge in [0.2, 0.25) is 5.95 Å². The van der Waals surface area contributed by atoms with Gasteiger partial charge in [-0.3, -0.25) is 4.98 Å². The van der Waals surface area contributed by atoms with E-state index in [0.717, 1.165) is 6.42 Å². The van der Waals surface area contributed by atoms with Gasteiger partial charge < -0.3 is 5.32 Å². The maximum Gasteiger partial charge on any atom is 0.225 e. The van der Waals surface area contributed by atoms with Gasteiger partial charge in [0.25, 0.3) is 0 Å². The number of pyridine rings is 1. The molecule has 0 atom stereocenters. The second kappa shape index (κ2) is 5.80. The van der Waals surface area contributed by atoms with Gasteiger partial charge in [-0.15, -0.1) is 0 Å². The zero-order valence-electron chi connectivity index (χ0n) is 8.90. The number of anilines is 1. The van der Waals surface area contributed by atoms with E-state index in [2.05, 4.69) is 20.3 Å². The number of hydrogen-bond donors (Lipinski definition) is 1. The van der Waals surface area contributed by atoms with E-state index >= 15 is 0 Å². The minimum Gasteiger partial charge on any atom is -0.354 e. The average molecular weight is 269 g/mol. The van der Waals surface area contributed by atoms with Gasteiger partial charge in [0.1, 0.15) is 10.3 Å². The van der Waals surface area contributed by atoms with Crippen molar-refractivity contribution in [2.24, 2.45) is 0 Å². The van der Waals surface area contributed by atoms with Crippen molar-refractivity contribution in [2.45, 2.75) is 6.42 Å². The molecule has 0 fully saturated rings. The van der Waals surface area contributed by atoms with E-state index in [-0.39, 0.29) is 0 Å². The van der Waals surface area contributed by atoms with E-state index < -0.39 is 0 Å². The van der Waals surface area contributed by atoms with Gasteiger partial charge in [-0.25, -0.2) is 9.97 Å². The van der Waals surface area contributed by atoms with Crippen LogP contribution < -0.4 is 5.32 Å². The summed E-state index contributed by atoms with van der Waals surface area (Å²) in [5.41, 5.74) is 1.20. The summed E-state index contributed by atoms with van der Waals surface area (Å²) in [7, 11) is 0. The first-order valence-corrected chi connectivity index (χ1v) is 5.82. The third-order valence-electron chi connectivity index (χ3n) is 2.11. The average Bonchev–Trinajstić information content (AvgIpc) is 2.29. The molecule has 4 nitrogen and oxygen atoms in total. The van der Waals surface area contributed by atoms with Crippen molar-refractivity contribution in [1.29, 1.82) is 0 Å². The molecule has 0 bridgehead atoms. The number of nitrogens with one attached hydrogen (secondary N) is 1. The Morgan fingerprint density at radius 2 is 1.71 bits per heavy atom. The van der Waals surface area contributed by atoms with Crippen molar-refractivity contribution < 1.29 is 0 Å². The molecule has 0 aliphatic heterocycles. The Hall–Kier alpha value is -1.39. The fraction of sp³-hybridized carbons (Fsp3) is 0.182. The second-order valence-corrected chi connectivity index (χ2v) is 4.14. The summed E-state index contributed by atoms with van der Waals surface area (Å²) in [5, 5.41) is 3.72. The van der Waals surface area contributed by atoms with Crippen LogP contribution in [0.4, 0.5) is 5.95 Å². The molecule has 0 aromatic carbocycles. The largest absolute Gasteiger partial charge is 0.354 e. The molecular weight excluding hydrogens is 259 g/mol. The maximum atomic E-state index is 5.76. The summed E-state index contributed by atoms with van der Waals surface area (Å²) in [6.07, 6.45) is 4.39. The van der Waals surface area contributed by atoms with E-state index in [0.29, 0.717) is 22.8 Å². The highest BCUT2D eigenvalue weighted by molar-refractivity contribution is 6.33. The Morgan fingerprint density at radius 1 is 1.06 bits per heavy atom. The summed E-state index contributed by atoms with van der Waals surface area (Å²) < 4.78 is 0. The Bertz CT molecular complexity index is 470. The molecule has 0 aliphatic rings. The lowest BCUT2D eigenvalue weighted by molar-refractivity contribution is 0.979. The van der Waals surface area contributed by atoms with Crippen LogP contribution >= 0.6 is 23.2 Å². The van der Waals surface area contributed by atoms with Crippen LogP contribution in [0.1, 0.15) is 5.56 Å². The van der Waals surface area contributed by atoms with Gasteiger partial charge >= 0.3 is 0 Å². The molecular formula is C11H10Cl2N4. The minimum atomic E-state index is 0.330. The van der Waals surface area contributed by atoms with Gasteiger partial charge in [0.15, 0.2) is 0 Å². The third-order valence-corrected chi connectivity index (χ3v) is 2.50. The maximum absolute atomic E-state index is 5.76. The predicted molar refractivity (Wildman–Crippen MR) is 68.5 cm³/mol. The lowest BCUT2D eigenvalue weighted by Crippen LogP contribution is -2.08. The number of nitrogens with zero attached hydrogens (tertiary/aromatic N) is 3. The molecule has 0 saturated carbocycles. The SMILES string of the molecule is Clc1cc(Cl)nc(NCCc2ccncc2)n1. The minimum absolute atomic E-state index is 0.330. The Balaban J connectivity index is 1.90. The normalized spacial score (nSPS) is 10.2. The van der Waals surface area contributed by atoms with Crippen LogP contribution in [0.5, 0.6) is 0 Å². The molecule has 0 spiro atoms. The molecule has 0 amide bonds. The first kappa shape index (κ1) is 12.1. The number of aromatic nitrogens is 3. The van der Waals surface area contributed by atoms with Crippen molar-refractivity contribution in [2.75, 3.05) is 11.9 Å². The second-order valence-electron chi connectivity index (χ2n) is 3.37. The van der Waals surface area contributed by atoms with Gasteiger partial charge in [-0.1, -0.05) is 23.2 Å². The van der Waals surface area contributed by atoms with Crippen LogP contribution in [-0.4, -0.2) is 21.5 Å². The molecule has 0 unspecified atom stereocenters. The van der Waals surface area contributed by atoms with Crippen molar-refractivity contribution in [3.8, 4) is 0 Å². The van der Waals surface area contributed by atoms with Crippen LogP contribution in [0.15, 0.2) is 30.6 Å². The molecule has 0 saturated heterocycles. The molecule has 0 aliphatic carbocycles. The summed E-state index contributed by atoms with van der Waals surface area (Å²) in [4.78, 5) is 12.0. The smallest absolute Gasteiger partial charge is 0.225 e. The van der Waals surface area contributed by atoms with Crippen molar-refractivity contribution in [3.63, 3.8) is 0 Å². The molecule has 17 heavy (non-hydrogen) atoms. The van der Waals surface area contributed by atoms with Gasteiger partial charge in [0.05, 0.1) is 0 Å². The van der Waals surface area contributed by atoms with E-state index in [4.69, 9.17) is 23.2 Å². The van der Waals surface area contributed by atoms with Crippen LogP contribution in [-0.2, 0) is 6.42 Å². The van der Waals surface area contributed by atoms with Crippen LogP contribution in [0.25, 0.3) is 0 Å². The van der Waals surface area contributed by atoms with Crippen LogP contribution in [0, 0.1) is 0 Å². The van der Waals surface area contributed by atoms with Crippen molar-refractivity contribution >= 4 is 29.2 Å². The van der Waals surface area contributed by atoms with Gasteiger partial charge in [0, 0.05) is 25.0 Å². The van der Waals surface area contributed by atoms with Crippen LogP contribution in [0.3, 0.4) is 0 Å². The summed E-state index contributed by atoms with van der Waals surface area (Å²) in [5.74, 6) is 0.441. The van der Waals surface area contributed by atoms with E-state index in [1.165, 1.54) is 11.6 Å². The molecule has 6 heteroatoms. The first-order chi connectivity index (χ1) is 8.24. The third kappa shape index (κ3) is 3.84. The van der Waals surface area contributed by atoms with Crippen molar-refractivity contribution in [3.05, 3.63) is 46.5 Å². The number of halogens is 2. The summed E-state index contributed by atoms with van der Waals surface area (Å²) in [6, 6.07) is 5.43. The molecule has 2 aromatic rings. The Kier molecular flexibility index (Phi) is 4.12. The highest BCUT2D eigenvalue weighted by Gasteiger charge is 2.00. The standard InChI is InChI=1S/C11H10Cl2N4/c12-9-7-10(13)17-11(16-9)15-6-3-8-1-4-14-5-2-8/h1-2,4-5,7H,3,6H2,(H,15,16,17). The Morgan fingerprint density at radius 3 is 2.35 bits per heavy atom. The lowest BCUT2D eigenvalue weighted by Gasteiger charge is -2.05. The van der Waals surface area contributed by atoms with Gasteiger partial charge in [-0.2, -0.15) is 0 Å². The Labute approximate surface area is 109 Å². The van der Waals surface area contributed by atoms with Crippen LogP contribution in [0.2, 0.25) is 10.3 Å². The zero-order chi connectivity index (χ0) is 12.1. The molecule has 88 valence electrons. The summed E-state index contributed by atoms with van der Waals surface area (Å²) in [6.45, 7) is 0.709. The topological polar surface area (TPSA) is 50.7 Å². The molecule has 0 radical (unpaired) electrons. The van der Waals surface area contributed by atoms with Crippen molar-refractivity contribution in [1.82, 2.24) is 15.0 Å². The monoisotopic (exact) mass is 268 g/mol. The zero-order valence-corrected chi connectivity index (χ0v) is 10.4. The van der Waals surface area contributed by atoms with E-state index in [1.54, 1.807) is 12.4 Å². The fourth-order valence-electron chi connectivity index (χ4n) is 1.34. The highest BCUT2D eigenvalue weighted by atomic mass is 35.5. The lowest BCUT2D eigenvalue weighted by atomic mass is 10.2. The number of hydrogen-bond acceptors (Lipinski definition) is 4. The summed E-state index contributed by atoms with van der Waals surface area (Å²) >= 11 is 11.5. The first-order valence-electron chi connectivity index (χ1n) is 5.07. The van der Waals surface area contributed by atoms with E-state index in [1.807, 2.05) is 12.1 Å². The molecule has 2 aromatic heterocycles. The molecule has 2 heterocycles.